The fourth-order valence-corrected chi connectivity index (χ4v) is 2.35. The molecular weight excluding hydrogens is 304 g/mol. The van der Waals surface area contributed by atoms with Gasteiger partial charge in [0.2, 0.25) is 0 Å². The topological polar surface area (TPSA) is 94.1 Å². The molecule has 110 valence electrons. The highest BCUT2D eigenvalue weighted by Gasteiger charge is 2.14. The summed E-state index contributed by atoms with van der Waals surface area (Å²) < 4.78 is 5.00. The average Bonchev–Trinajstić information content (AvgIpc) is 3.05. The molecule has 0 atom stereocenters. The van der Waals surface area contributed by atoms with E-state index in [1.54, 1.807) is 36.0 Å². The Morgan fingerprint density at radius 2 is 2.00 bits per heavy atom. The number of ether oxygens (including phenoxy) is 1. The van der Waals surface area contributed by atoms with Crippen LogP contribution in [-0.4, -0.2) is 33.4 Å². The molecule has 0 fully saturated rings. The summed E-state index contributed by atoms with van der Waals surface area (Å²) in [4.78, 5) is 35.9. The number of thiazole rings is 1. The lowest BCUT2D eigenvalue weighted by Crippen LogP contribution is -2.21. The van der Waals surface area contributed by atoms with E-state index in [1.165, 1.54) is 17.5 Å². The zero-order chi connectivity index (χ0) is 15.4. The zero-order valence-corrected chi connectivity index (χ0v) is 12.0. The number of nitrogens with zero attached hydrogens (tertiary/aromatic N) is 3. The third kappa shape index (κ3) is 3.07. The van der Waals surface area contributed by atoms with E-state index < -0.39 is 18.5 Å². The Morgan fingerprint density at radius 3 is 2.82 bits per heavy atom. The van der Waals surface area contributed by atoms with Crippen LogP contribution in [0.15, 0.2) is 42.2 Å². The summed E-state index contributed by atoms with van der Waals surface area (Å²) in [6, 6.07) is 5.01. The molecule has 7 nitrogen and oxygen atoms in total. The lowest BCUT2D eigenvalue weighted by atomic mass is 10.2. The number of carbonyl (C=O) groups excluding carboxylic acids is 2. The van der Waals surface area contributed by atoms with Crippen LogP contribution in [0.25, 0.3) is 11.0 Å². The van der Waals surface area contributed by atoms with Gasteiger partial charge in [-0.1, -0.05) is 6.07 Å². The first-order valence-electron chi connectivity index (χ1n) is 6.30. The summed E-state index contributed by atoms with van der Waals surface area (Å²) >= 11 is 1.28. The molecule has 2 aromatic heterocycles. The average molecular weight is 314 g/mol. The molecule has 22 heavy (non-hydrogen) atoms. The van der Waals surface area contributed by atoms with Gasteiger partial charge in [0.15, 0.2) is 11.7 Å². The van der Waals surface area contributed by atoms with E-state index in [2.05, 4.69) is 20.3 Å². The Hall–Kier alpha value is -2.87. The minimum Gasteiger partial charge on any atom is -0.452 e. The second-order valence-electron chi connectivity index (χ2n) is 4.19. The Morgan fingerprint density at radius 1 is 1.14 bits per heavy atom. The number of para-hydroxylation sites is 1. The minimum absolute atomic E-state index is 0.271. The van der Waals surface area contributed by atoms with Gasteiger partial charge in [-0.2, -0.15) is 0 Å². The molecule has 3 aromatic rings. The predicted octanol–water partition coefficient (Wildman–Crippen LogP) is 1.88. The fourth-order valence-electron chi connectivity index (χ4n) is 1.81. The number of fused-ring (bicyclic) bond motifs is 1. The van der Waals surface area contributed by atoms with Crippen molar-refractivity contribution in [3.05, 3.63) is 47.7 Å². The van der Waals surface area contributed by atoms with Gasteiger partial charge in [-0.05, 0) is 12.1 Å². The lowest BCUT2D eigenvalue weighted by molar-refractivity contribution is -0.119. The smallest absolute Gasteiger partial charge is 0.340 e. The van der Waals surface area contributed by atoms with Crippen molar-refractivity contribution in [1.82, 2.24) is 15.0 Å². The molecule has 3 rings (SSSR count). The van der Waals surface area contributed by atoms with Crippen LogP contribution in [0, 0.1) is 0 Å². The summed E-state index contributed by atoms with van der Waals surface area (Å²) in [5, 5.41) is 4.72. The highest BCUT2D eigenvalue weighted by atomic mass is 32.1. The first-order valence-corrected chi connectivity index (χ1v) is 7.18. The quantitative estimate of drug-likeness (QED) is 0.739. The van der Waals surface area contributed by atoms with E-state index in [0.717, 1.165) is 0 Å². The van der Waals surface area contributed by atoms with E-state index >= 15 is 0 Å². The molecule has 0 bridgehead atoms. The normalized spacial score (nSPS) is 10.4. The van der Waals surface area contributed by atoms with Crippen LogP contribution in [-0.2, 0) is 9.53 Å². The first-order chi connectivity index (χ1) is 10.7. The number of nitrogens with one attached hydrogen (secondary N) is 1. The Balaban J connectivity index is 1.67. The van der Waals surface area contributed by atoms with Crippen LogP contribution in [0.5, 0.6) is 0 Å². The maximum Gasteiger partial charge on any atom is 0.340 e. The molecule has 0 spiro atoms. The van der Waals surface area contributed by atoms with Gasteiger partial charge < -0.3 is 4.74 Å². The minimum atomic E-state index is -0.625. The summed E-state index contributed by atoms with van der Waals surface area (Å²) in [7, 11) is 0. The molecule has 0 aliphatic rings. The third-order valence-electron chi connectivity index (χ3n) is 2.73. The number of benzene rings is 1. The van der Waals surface area contributed by atoms with Crippen LogP contribution >= 0.6 is 11.3 Å². The Kier molecular flexibility index (Phi) is 4.01. The second kappa shape index (κ2) is 6.27. The molecule has 0 aliphatic carbocycles. The van der Waals surface area contributed by atoms with E-state index in [1.807, 2.05) is 0 Å². The molecule has 1 amide bonds. The van der Waals surface area contributed by atoms with Crippen LogP contribution < -0.4 is 5.32 Å². The van der Waals surface area contributed by atoms with Crippen LogP contribution in [0.1, 0.15) is 10.4 Å². The highest BCUT2D eigenvalue weighted by Crippen LogP contribution is 2.15. The molecule has 2 heterocycles. The second-order valence-corrected chi connectivity index (χ2v) is 5.09. The van der Waals surface area contributed by atoms with Crippen molar-refractivity contribution in [1.29, 1.82) is 0 Å². The SMILES string of the molecule is O=C(COC(=O)c1cccc2nccnc12)Nc1nccs1. The molecule has 0 unspecified atom stereocenters. The van der Waals surface area contributed by atoms with Crippen molar-refractivity contribution in [3.8, 4) is 0 Å². The van der Waals surface area contributed by atoms with E-state index in [-0.39, 0.29) is 5.56 Å². The lowest BCUT2D eigenvalue weighted by Gasteiger charge is -2.06. The molecular formula is C14H10N4O3S. The van der Waals surface area contributed by atoms with Crippen LogP contribution in [0.2, 0.25) is 0 Å². The Bertz CT molecular complexity index is 815. The van der Waals surface area contributed by atoms with Gasteiger partial charge in [0.05, 0.1) is 11.1 Å². The fraction of sp³-hybridized carbons (Fsp3) is 0.0714. The summed E-state index contributed by atoms with van der Waals surface area (Å²) in [6.07, 6.45) is 4.61. The summed E-state index contributed by atoms with van der Waals surface area (Å²) in [5.74, 6) is -1.07. The number of hydrogen-bond acceptors (Lipinski definition) is 7. The van der Waals surface area contributed by atoms with E-state index in [0.29, 0.717) is 16.2 Å². The summed E-state index contributed by atoms with van der Waals surface area (Å²) in [5.41, 5.74) is 1.30. The van der Waals surface area contributed by atoms with Gasteiger partial charge in [-0.15, -0.1) is 11.3 Å². The number of esters is 1. The van der Waals surface area contributed by atoms with Gasteiger partial charge in [0.1, 0.15) is 5.52 Å². The predicted molar refractivity (Wildman–Crippen MR) is 80.6 cm³/mol. The van der Waals surface area contributed by atoms with E-state index in [4.69, 9.17) is 4.74 Å². The number of anilines is 1. The van der Waals surface area contributed by atoms with Crippen molar-refractivity contribution >= 4 is 39.4 Å². The first kappa shape index (κ1) is 14.1. The van der Waals surface area contributed by atoms with Crippen molar-refractivity contribution in [2.75, 3.05) is 11.9 Å². The Labute approximate surface area is 129 Å². The van der Waals surface area contributed by atoms with Gasteiger partial charge in [-0.3, -0.25) is 20.1 Å². The standard InChI is InChI=1S/C14H10N4O3S/c19-11(18-14-17-6-7-22-14)8-21-13(20)9-2-1-3-10-12(9)16-5-4-15-10/h1-7H,8H2,(H,17,18,19). The van der Waals surface area contributed by atoms with Crippen molar-refractivity contribution in [2.24, 2.45) is 0 Å². The van der Waals surface area contributed by atoms with Gasteiger partial charge >= 0.3 is 5.97 Å². The molecule has 0 saturated heterocycles. The number of aromatic nitrogens is 3. The largest absolute Gasteiger partial charge is 0.452 e. The van der Waals surface area contributed by atoms with Crippen molar-refractivity contribution in [2.45, 2.75) is 0 Å². The van der Waals surface area contributed by atoms with E-state index in [9.17, 15) is 9.59 Å². The maximum atomic E-state index is 12.1. The molecule has 0 saturated carbocycles. The van der Waals surface area contributed by atoms with Crippen LogP contribution in [0.4, 0.5) is 5.13 Å². The monoisotopic (exact) mass is 314 g/mol. The zero-order valence-electron chi connectivity index (χ0n) is 11.2. The van der Waals surface area contributed by atoms with Gasteiger partial charge in [-0.25, -0.2) is 9.78 Å². The highest BCUT2D eigenvalue weighted by molar-refractivity contribution is 7.13. The number of hydrogen-bond donors (Lipinski definition) is 1. The molecule has 0 aliphatic heterocycles. The molecule has 1 N–H and O–H groups in total. The van der Waals surface area contributed by atoms with Gasteiger partial charge in [0.25, 0.3) is 5.91 Å². The molecule has 1 aromatic carbocycles. The summed E-state index contributed by atoms with van der Waals surface area (Å²) in [6.45, 7) is -0.394. The number of amides is 1. The third-order valence-corrected chi connectivity index (χ3v) is 3.42. The molecule has 0 radical (unpaired) electrons. The van der Waals surface area contributed by atoms with Crippen molar-refractivity contribution < 1.29 is 14.3 Å². The van der Waals surface area contributed by atoms with Crippen molar-refractivity contribution in [3.63, 3.8) is 0 Å². The number of rotatable bonds is 4. The number of carbonyl (C=O) groups is 2. The van der Waals surface area contributed by atoms with Crippen LogP contribution in [0.3, 0.4) is 0 Å². The molecule has 8 heteroatoms. The maximum absolute atomic E-state index is 12.1. The van der Waals surface area contributed by atoms with Gasteiger partial charge in [0, 0.05) is 24.0 Å².